The monoisotopic (exact) mass is 330 g/mol. The summed E-state index contributed by atoms with van der Waals surface area (Å²) in [6.07, 6.45) is 3.88. The van der Waals surface area contributed by atoms with Gasteiger partial charge in [0.25, 0.3) is 6.42 Å². The molecule has 92 valence electrons. The summed E-state index contributed by atoms with van der Waals surface area (Å²) in [5, 5.41) is 0. The summed E-state index contributed by atoms with van der Waals surface area (Å²) in [7, 11) is 0. The Balaban J connectivity index is 0.00000196. The molecule has 1 N–H and O–H groups in total. The lowest BCUT2D eigenvalue weighted by Crippen LogP contribution is -3.13. The van der Waals surface area contributed by atoms with E-state index in [4.69, 9.17) is 0 Å². The van der Waals surface area contributed by atoms with E-state index < -0.39 is 6.42 Å². The minimum absolute atomic E-state index is 0. The Morgan fingerprint density at radius 3 is 2.53 bits per heavy atom. The molecule has 2 unspecified atom stereocenters. The molecule has 2 nitrogen and oxygen atoms in total. The van der Waals surface area contributed by atoms with Gasteiger partial charge in [-0.1, -0.05) is 26.7 Å². The van der Waals surface area contributed by atoms with Crippen LogP contribution in [0.3, 0.4) is 0 Å². The van der Waals surface area contributed by atoms with Gasteiger partial charge in [-0.25, -0.2) is 4.90 Å². The largest absolute Gasteiger partial charge is 1.00 e. The average Bonchev–Trinajstić information content (AvgIpc) is 2.54. The zero-order valence-corrected chi connectivity index (χ0v) is 12.1. The smallest absolute Gasteiger partial charge is 0.292 e. The number of hydrogen-bond acceptors (Lipinski definition) is 1. The van der Waals surface area contributed by atoms with E-state index in [1.807, 2.05) is 4.90 Å². The van der Waals surface area contributed by atoms with Gasteiger partial charge < -0.3 is 24.0 Å². The molecule has 0 spiro atoms. The van der Waals surface area contributed by atoms with E-state index in [1.165, 1.54) is 6.42 Å². The second-order valence-corrected chi connectivity index (χ2v) is 4.24. The molecule has 1 saturated heterocycles. The Hall–Kier alpha value is 0.580. The van der Waals surface area contributed by atoms with E-state index in [-0.39, 0.29) is 24.0 Å². The summed E-state index contributed by atoms with van der Waals surface area (Å²) in [4.78, 5) is 3.14. The predicted molar refractivity (Wildman–Crippen MR) is 57.0 cm³/mol. The van der Waals surface area contributed by atoms with Crippen LogP contribution in [0.4, 0.5) is 4.39 Å². The van der Waals surface area contributed by atoms with E-state index in [1.54, 1.807) is 0 Å². The van der Waals surface area contributed by atoms with E-state index in [0.29, 0.717) is 0 Å². The Morgan fingerprint density at radius 2 is 1.93 bits per heavy atom. The van der Waals surface area contributed by atoms with Gasteiger partial charge in [-0.2, -0.15) is 4.39 Å². The highest BCUT2D eigenvalue weighted by Gasteiger charge is 2.34. The van der Waals surface area contributed by atoms with Gasteiger partial charge in [-0.05, 0) is 12.8 Å². The van der Waals surface area contributed by atoms with Crippen molar-refractivity contribution in [2.75, 3.05) is 26.2 Å². The first-order valence-corrected chi connectivity index (χ1v) is 6.02. The number of unbranched alkanes of at least 4 members (excludes halogenated alkanes) is 2. The molecule has 0 aromatic rings. The van der Waals surface area contributed by atoms with Crippen molar-refractivity contribution in [1.29, 1.82) is 0 Å². The lowest BCUT2D eigenvalue weighted by Gasteiger charge is -2.19. The zero-order valence-electron chi connectivity index (χ0n) is 9.94. The molecule has 0 aromatic heterocycles. The molecular formula is C11H24FIN2. The van der Waals surface area contributed by atoms with Gasteiger partial charge in [0.05, 0.1) is 19.6 Å². The van der Waals surface area contributed by atoms with E-state index >= 15 is 0 Å². The van der Waals surface area contributed by atoms with Crippen LogP contribution < -0.4 is 28.9 Å². The maximum atomic E-state index is 13.8. The lowest BCUT2D eigenvalue weighted by atomic mass is 10.3. The number of hydrogen-bond donors (Lipinski definition) is 1. The van der Waals surface area contributed by atoms with Crippen molar-refractivity contribution in [3.63, 3.8) is 0 Å². The van der Waals surface area contributed by atoms with Gasteiger partial charge in [-0.15, -0.1) is 0 Å². The number of nitrogens with zero attached hydrogens (tertiary/aromatic N) is 1. The van der Waals surface area contributed by atoms with Crippen molar-refractivity contribution < 1.29 is 33.3 Å². The molecule has 1 aliphatic heterocycles. The van der Waals surface area contributed by atoms with E-state index in [9.17, 15) is 4.39 Å². The summed E-state index contributed by atoms with van der Waals surface area (Å²) in [5.74, 6) is 0. The molecule has 2 atom stereocenters. The third kappa shape index (κ3) is 4.95. The fraction of sp³-hybridized carbons (Fsp3) is 1.00. The third-order valence-electron chi connectivity index (χ3n) is 3.03. The Labute approximate surface area is 110 Å². The fourth-order valence-electron chi connectivity index (χ4n) is 2.01. The minimum Gasteiger partial charge on any atom is -1.00 e. The van der Waals surface area contributed by atoms with Crippen molar-refractivity contribution in [2.45, 2.75) is 46.0 Å². The van der Waals surface area contributed by atoms with Crippen LogP contribution in [-0.2, 0) is 0 Å². The van der Waals surface area contributed by atoms with Gasteiger partial charge in [0.15, 0.2) is 0 Å². The SMILES string of the molecule is CCCCN1CC[NH+](CCCC)C1F.[I-]. The summed E-state index contributed by atoms with van der Waals surface area (Å²) in [6.45, 7) is 8.20. The second-order valence-electron chi connectivity index (χ2n) is 4.24. The molecule has 1 rings (SSSR count). The number of nitrogens with one attached hydrogen (secondary N) is 1. The normalized spacial score (nSPS) is 26.6. The highest BCUT2D eigenvalue weighted by molar-refractivity contribution is 4.60. The molecule has 1 heterocycles. The van der Waals surface area contributed by atoms with Crippen molar-refractivity contribution in [3.05, 3.63) is 0 Å². The van der Waals surface area contributed by atoms with E-state index in [0.717, 1.165) is 50.3 Å². The predicted octanol–water partition coefficient (Wildman–Crippen LogP) is -1.96. The molecule has 15 heavy (non-hydrogen) atoms. The quantitative estimate of drug-likeness (QED) is 0.439. The van der Waals surface area contributed by atoms with Gasteiger partial charge in [-0.3, -0.25) is 4.90 Å². The van der Waals surface area contributed by atoms with Crippen molar-refractivity contribution in [1.82, 2.24) is 4.90 Å². The Bertz CT molecular complexity index is 142. The van der Waals surface area contributed by atoms with Crippen LogP contribution in [0.1, 0.15) is 39.5 Å². The second kappa shape index (κ2) is 8.70. The first-order chi connectivity index (χ1) is 6.79. The average molecular weight is 330 g/mol. The van der Waals surface area contributed by atoms with Crippen LogP contribution in [0.2, 0.25) is 0 Å². The van der Waals surface area contributed by atoms with Crippen LogP contribution >= 0.6 is 0 Å². The van der Waals surface area contributed by atoms with Gasteiger partial charge >= 0.3 is 0 Å². The summed E-state index contributed by atoms with van der Waals surface area (Å²) >= 11 is 0. The first-order valence-electron chi connectivity index (χ1n) is 6.02. The van der Waals surface area contributed by atoms with Crippen LogP contribution in [0.15, 0.2) is 0 Å². The molecule has 0 aliphatic carbocycles. The molecule has 0 amide bonds. The van der Waals surface area contributed by atoms with Gasteiger partial charge in [0, 0.05) is 6.54 Å². The molecule has 1 aliphatic rings. The maximum absolute atomic E-state index is 13.8. The van der Waals surface area contributed by atoms with Gasteiger partial charge in [0.2, 0.25) is 0 Å². The molecule has 0 aromatic carbocycles. The highest BCUT2D eigenvalue weighted by atomic mass is 127. The van der Waals surface area contributed by atoms with Crippen LogP contribution in [0.5, 0.6) is 0 Å². The lowest BCUT2D eigenvalue weighted by molar-refractivity contribution is -0.934. The van der Waals surface area contributed by atoms with Crippen LogP contribution in [0.25, 0.3) is 0 Å². The van der Waals surface area contributed by atoms with Crippen molar-refractivity contribution >= 4 is 0 Å². The number of halogens is 2. The fourth-order valence-corrected chi connectivity index (χ4v) is 2.01. The summed E-state index contributed by atoms with van der Waals surface area (Å²) in [5.41, 5.74) is 0. The molecule has 4 heteroatoms. The maximum Gasteiger partial charge on any atom is 0.292 e. The Kier molecular flexibility index (Phi) is 9.04. The zero-order chi connectivity index (χ0) is 10.4. The standard InChI is InChI=1S/C11H23FN2.HI/c1-3-5-7-13-9-10-14(11(13)12)8-6-4-2;/h11H,3-10H2,1-2H3;1H. The molecule has 0 bridgehead atoms. The molecule has 0 saturated carbocycles. The number of alkyl halides is 1. The molecular weight excluding hydrogens is 306 g/mol. The van der Waals surface area contributed by atoms with Crippen molar-refractivity contribution in [2.24, 2.45) is 0 Å². The van der Waals surface area contributed by atoms with Crippen LogP contribution in [0, 0.1) is 0 Å². The summed E-state index contributed by atoms with van der Waals surface area (Å²) < 4.78 is 13.8. The highest BCUT2D eigenvalue weighted by Crippen LogP contribution is 2.02. The van der Waals surface area contributed by atoms with E-state index in [2.05, 4.69) is 13.8 Å². The topological polar surface area (TPSA) is 7.68 Å². The Morgan fingerprint density at radius 1 is 1.27 bits per heavy atom. The minimum atomic E-state index is -0.729. The van der Waals surface area contributed by atoms with Crippen molar-refractivity contribution in [3.8, 4) is 0 Å². The number of rotatable bonds is 6. The first kappa shape index (κ1) is 15.6. The molecule has 1 fully saturated rings. The van der Waals surface area contributed by atoms with Gasteiger partial charge in [0.1, 0.15) is 0 Å². The summed E-state index contributed by atoms with van der Waals surface area (Å²) in [6, 6.07) is 0. The number of quaternary nitrogens is 1. The molecule has 0 radical (unpaired) electrons. The van der Waals surface area contributed by atoms with Crippen LogP contribution in [-0.4, -0.2) is 37.5 Å². The third-order valence-corrected chi connectivity index (χ3v) is 3.03.